The van der Waals surface area contributed by atoms with Gasteiger partial charge in [0, 0.05) is 29.9 Å². The largest absolute Gasteiger partial charge is 0.481 e. The molecule has 0 spiro atoms. The molecule has 4 unspecified atom stereocenters. The number of pyridine rings is 1. The maximum atomic E-state index is 11.4. The zero-order valence-corrected chi connectivity index (χ0v) is 21.3. The van der Waals surface area contributed by atoms with E-state index in [2.05, 4.69) is 54.8 Å². The van der Waals surface area contributed by atoms with Crippen LogP contribution in [-0.4, -0.2) is 22.1 Å². The minimum atomic E-state index is -0.742. The lowest BCUT2D eigenvalue weighted by atomic mass is 9.89. The molecule has 0 fully saturated rings. The summed E-state index contributed by atoms with van der Waals surface area (Å²) in [5.41, 5.74) is 3.83. The standard InChI is InChI=1S/C27H40N4O2/c1-18(25-13-12-24-19(2)14-20(3)29-27(24)31(25)6)10-8-7-9-11-22(15-26(32)33)23-16-28-21(4)30(5)17-23/h12-13,16-20,22H,7-11,14-15H2,1-6H3/p+2. The van der Waals surface area contributed by atoms with Gasteiger partial charge in [0.05, 0.1) is 32.8 Å². The van der Waals surface area contributed by atoms with Gasteiger partial charge in [-0.3, -0.25) is 10.1 Å². The van der Waals surface area contributed by atoms with Gasteiger partial charge >= 0.3 is 5.97 Å². The third-order valence-corrected chi connectivity index (χ3v) is 7.39. The van der Waals surface area contributed by atoms with Crippen molar-refractivity contribution in [2.75, 3.05) is 5.32 Å². The van der Waals surface area contributed by atoms with Crippen LogP contribution < -0.4 is 14.5 Å². The summed E-state index contributed by atoms with van der Waals surface area (Å²) >= 11 is 0. The van der Waals surface area contributed by atoms with E-state index in [0.717, 1.165) is 43.5 Å². The molecule has 3 rings (SSSR count). The molecule has 6 nitrogen and oxygen atoms in total. The van der Waals surface area contributed by atoms with Crippen molar-refractivity contribution in [2.24, 2.45) is 14.1 Å². The Balaban J connectivity index is 1.54. The van der Waals surface area contributed by atoms with Gasteiger partial charge in [0.1, 0.15) is 11.9 Å². The van der Waals surface area contributed by atoms with Gasteiger partial charge in [-0.05, 0) is 44.2 Å². The van der Waals surface area contributed by atoms with Crippen LogP contribution in [0.5, 0.6) is 0 Å². The summed E-state index contributed by atoms with van der Waals surface area (Å²) in [7, 11) is 4.15. The first-order chi connectivity index (χ1) is 15.7. The quantitative estimate of drug-likeness (QED) is 0.405. The van der Waals surface area contributed by atoms with E-state index in [1.54, 1.807) is 0 Å². The number of aromatic nitrogens is 3. The molecule has 0 saturated heterocycles. The fourth-order valence-electron chi connectivity index (χ4n) is 5.29. The maximum absolute atomic E-state index is 11.4. The van der Waals surface area contributed by atoms with Crippen LogP contribution in [0.2, 0.25) is 0 Å². The Morgan fingerprint density at radius 1 is 1.21 bits per heavy atom. The smallest absolute Gasteiger partial charge is 0.303 e. The molecule has 1 aliphatic heterocycles. The molecule has 1 aliphatic rings. The van der Waals surface area contributed by atoms with Gasteiger partial charge in [0.2, 0.25) is 0 Å². The van der Waals surface area contributed by atoms with E-state index in [9.17, 15) is 9.90 Å². The zero-order chi connectivity index (χ0) is 24.1. The lowest BCUT2D eigenvalue weighted by molar-refractivity contribution is -0.681. The molecular weight excluding hydrogens is 412 g/mol. The zero-order valence-electron chi connectivity index (χ0n) is 21.3. The van der Waals surface area contributed by atoms with Gasteiger partial charge in [0.15, 0.2) is 0 Å². The topological polar surface area (TPSA) is 70.0 Å². The molecule has 2 aromatic rings. The molecule has 6 heteroatoms. The van der Waals surface area contributed by atoms with Crippen LogP contribution in [0.1, 0.15) is 106 Å². The van der Waals surface area contributed by atoms with Crippen LogP contribution in [-0.2, 0) is 18.9 Å². The van der Waals surface area contributed by atoms with Crippen molar-refractivity contribution in [1.82, 2.24) is 4.98 Å². The van der Waals surface area contributed by atoms with E-state index in [0.29, 0.717) is 17.9 Å². The van der Waals surface area contributed by atoms with Crippen molar-refractivity contribution in [2.45, 2.75) is 96.4 Å². The normalized spacial score (nSPS) is 19.5. The minimum Gasteiger partial charge on any atom is -0.481 e. The maximum Gasteiger partial charge on any atom is 0.303 e. The van der Waals surface area contributed by atoms with Crippen LogP contribution >= 0.6 is 0 Å². The van der Waals surface area contributed by atoms with Crippen molar-refractivity contribution in [3.05, 3.63) is 47.2 Å². The average Bonchev–Trinajstić information content (AvgIpc) is 2.75. The molecular formula is C27H42N4O2+2. The first-order valence-electron chi connectivity index (χ1n) is 12.5. The van der Waals surface area contributed by atoms with Crippen LogP contribution in [0.15, 0.2) is 24.5 Å². The predicted molar refractivity (Wildman–Crippen MR) is 130 cm³/mol. The SMILES string of the molecule is Cc1ncc(C(CCCCCC(C)c2ccc3c([n+]2C)NC(C)CC3C)CC(=O)O)c[n+]1C. The molecule has 0 aromatic carbocycles. The Morgan fingerprint density at radius 2 is 1.94 bits per heavy atom. The number of anilines is 1. The van der Waals surface area contributed by atoms with E-state index in [-0.39, 0.29) is 12.3 Å². The van der Waals surface area contributed by atoms with Gasteiger partial charge in [-0.25, -0.2) is 9.13 Å². The number of carboxylic acids is 1. The van der Waals surface area contributed by atoms with Crippen molar-refractivity contribution in [1.29, 1.82) is 0 Å². The number of aryl methyl sites for hydroxylation is 2. The summed E-state index contributed by atoms with van der Waals surface area (Å²) in [6.45, 7) is 8.86. The van der Waals surface area contributed by atoms with Crippen LogP contribution in [0.4, 0.5) is 5.82 Å². The Morgan fingerprint density at radius 3 is 2.64 bits per heavy atom. The lowest BCUT2D eigenvalue weighted by Gasteiger charge is -2.26. The van der Waals surface area contributed by atoms with E-state index >= 15 is 0 Å². The average molecular weight is 455 g/mol. The second-order valence-corrected chi connectivity index (χ2v) is 10.2. The second-order valence-electron chi connectivity index (χ2n) is 10.2. The van der Waals surface area contributed by atoms with Crippen LogP contribution in [0.25, 0.3) is 0 Å². The summed E-state index contributed by atoms with van der Waals surface area (Å²) in [6.07, 6.45) is 10.6. The van der Waals surface area contributed by atoms with E-state index in [4.69, 9.17) is 0 Å². The summed E-state index contributed by atoms with van der Waals surface area (Å²) in [5, 5.41) is 13.1. The molecule has 0 saturated carbocycles. The van der Waals surface area contributed by atoms with Crippen molar-refractivity contribution in [3.8, 4) is 0 Å². The number of nitrogens with one attached hydrogen (secondary N) is 1. The molecule has 0 bridgehead atoms. The van der Waals surface area contributed by atoms with Crippen LogP contribution in [0.3, 0.4) is 0 Å². The number of nitrogens with zero attached hydrogens (tertiary/aromatic N) is 3. The summed E-state index contributed by atoms with van der Waals surface area (Å²) in [4.78, 5) is 15.8. The number of hydrogen-bond acceptors (Lipinski definition) is 3. The first-order valence-corrected chi connectivity index (χ1v) is 12.5. The Kier molecular flexibility index (Phi) is 8.44. The number of hydrogen-bond donors (Lipinski definition) is 2. The molecule has 3 heterocycles. The van der Waals surface area contributed by atoms with E-state index in [1.807, 2.05) is 30.9 Å². The Bertz CT molecular complexity index is 975. The third kappa shape index (κ3) is 6.30. The first kappa shape index (κ1) is 25.1. The van der Waals surface area contributed by atoms with Gasteiger partial charge in [-0.15, -0.1) is 0 Å². The van der Waals surface area contributed by atoms with Crippen molar-refractivity contribution in [3.63, 3.8) is 0 Å². The highest BCUT2D eigenvalue weighted by Gasteiger charge is 2.30. The van der Waals surface area contributed by atoms with Crippen molar-refractivity contribution < 1.29 is 19.0 Å². The minimum absolute atomic E-state index is 0.0210. The highest BCUT2D eigenvalue weighted by molar-refractivity contribution is 5.67. The molecule has 180 valence electrons. The van der Waals surface area contributed by atoms with Gasteiger partial charge in [0.25, 0.3) is 11.6 Å². The number of aliphatic carboxylic acids is 1. The molecule has 4 atom stereocenters. The number of carboxylic acid groups (broad SMARTS) is 1. The molecule has 2 N–H and O–H groups in total. The summed E-state index contributed by atoms with van der Waals surface area (Å²) < 4.78 is 4.33. The van der Waals surface area contributed by atoms with Crippen molar-refractivity contribution >= 4 is 11.8 Å². The number of fused-ring (bicyclic) bond motifs is 1. The fourth-order valence-corrected chi connectivity index (χ4v) is 5.29. The molecule has 33 heavy (non-hydrogen) atoms. The molecule has 0 aliphatic carbocycles. The third-order valence-electron chi connectivity index (χ3n) is 7.39. The van der Waals surface area contributed by atoms with Gasteiger partial charge in [-0.2, -0.15) is 0 Å². The predicted octanol–water partition coefficient (Wildman–Crippen LogP) is 4.66. The second kappa shape index (κ2) is 11.1. The number of carbonyl (C=O) groups is 1. The van der Waals surface area contributed by atoms with Crippen LogP contribution in [0, 0.1) is 6.92 Å². The fraction of sp³-hybridized carbons (Fsp3) is 0.630. The monoisotopic (exact) mass is 454 g/mol. The molecule has 0 radical (unpaired) electrons. The van der Waals surface area contributed by atoms with Gasteiger partial charge < -0.3 is 5.11 Å². The highest BCUT2D eigenvalue weighted by atomic mass is 16.4. The Labute approximate surface area is 199 Å². The van der Waals surface area contributed by atoms with E-state index in [1.165, 1.54) is 23.5 Å². The Hall–Kier alpha value is -2.50. The number of rotatable bonds is 10. The van der Waals surface area contributed by atoms with Gasteiger partial charge in [-0.1, -0.05) is 38.1 Å². The summed E-state index contributed by atoms with van der Waals surface area (Å²) in [6, 6.07) is 5.14. The summed E-state index contributed by atoms with van der Waals surface area (Å²) in [5.74, 6) is 2.57. The molecule has 0 amide bonds. The highest BCUT2D eigenvalue weighted by Crippen LogP contribution is 2.33. The van der Waals surface area contributed by atoms with E-state index < -0.39 is 5.97 Å². The number of unbranched alkanes of at least 4 members (excludes halogenated alkanes) is 2. The lowest BCUT2D eigenvalue weighted by Crippen LogP contribution is -2.43. The molecule has 2 aromatic heterocycles.